The van der Waals surface area contributed by atoms with E-state index < -0.39 is 0 Å². The first-order valence-corrected chi connectivity index (χ1v) is 7.57. The van der Waals surface area contributed by atoms with Crippen molar-refractivity contribution in [2.24, 2.45) is 0 Å². The minimum atomic E-state index is -0.00810. The van der Waals surface area contributed by atoms with Crippen LogP contribution in [0.5, 0.6) is 0 Å². The van der Waals surface area contributed by atoms with Crippen LogP contribution in [0, 0.1) is 0 Å². The number of halogens is 1. The number of nitrogens with one attached hydrogen (secondary N) is 2. The van der Waals surface area contributed by atoms with Crippen LogP contribution in [0.1, 0.15) is 31.2 Å². The van der Waals surface area contributed by atoms with Crippen LogP contribution in [0.4, 0.5) is 0 Å². The van der Waals surface area contributed by atoms with Crippen molar-refractivity contribution in [3.8, 4) is 0 Å². The third kappa shape index (κ3) is 3.41. The molecule has 3 rings (SSSR count). The highest BCUT2D eigenvalue weighted by atomic mass is 35.5. The van der Waals surface area contributed by atoms with E-state index in [1.807, 2.05) is 30.3 Å². The number of hydrogen-bond acceptors (Lipinski definition) is 2. The van der Waals surface area contributed by atoms with Crippen molar-refractivity contribution in [2.45, 2.75) is 43.8 Å². The van der Waals surface area contributed by atoms with Gasteiger partial charge in [0.15, 0.2) is 0 Å². The largest absolute Gasteiger partial charge is 0.350 e. The summed E-state index contributed by atoms with van der Waals surface area (Å²) in [4.78, 5) is 11.9. The molecule has 0 aliphatic carbocycles. The Bertz CT molecular complexity index is 500. The molecular weight excluding hydrogens is 272 g/mol. The van der Waals surface area contributed by atoms with Gasteiger partial charge in [0.2, 0.25) is 5.91 Å². The maximum absolute atomic E-state index is 11.9. The Hall–Kier alpha value is -1.32. The summed E-state index contributed by atoms with van der Waals surface area (Å²) in [7, 11) is 0. The summed E-state index contributed by atoms with van der Waals surface area (Å²) in [6.07, 6.45) is 8.03. The molecule has 2 aliphatic heterocycles. The van der Waals surface area contributed by atoms with Gasteiger partial charge in [0.1, 0.15) is 0 Å². The Balaban J connectivity index is 1.53. The lowest BCUT2D eigenvalue weighted by molar-refractivity contribution is -0.117. The molecule has 0 spiro atoms. The van der Waals surface area contributed by atoms with E-state index in [0.29, 0.717) is 23.1 Å². The van der Waals surface area contributed by atoms with Gasteiger partial charge in [-0.05, 0) is 49.5 Å². The first-order chi connectivity index (χ1) is 9.69. The van der Waals surface area contributed by atoms with E-state index in [1.54, 1.807) is 6.08 Å². The smallest absolute Gasteiger partial charge is 0.244 e. The Kier molecular flexibility index (Phi) is 4.08. The lowest BCUT2D eigenvalue weighted by atomic mass is 10.00. The van der Waals surface area contributed by atoms with Crippen LogP contribution in [0.15, 0.2) is 30.3 Å². The van der Waals surface area contributed by atoms with Gasteiger partial charge in [0, 0.05) is 29.2 Å². The van der Waals surface area contributed by atoms with Crippen LogP contribution >= 0.6 is 11.6 Å². The minimum absolute atomic E-state index is 0.00810. The van der Waals surface area contributed by atoms with Gasteiger partial charge in [-0.3, -0.25) is 4.79 Å². The van der Waals surface area contributed by atoms with Gasteiger partial charge in [-0.25, -0.2) is 0 Å². The van der Waals surface area contributed by atoms with Crippen molar-refractivity contribution in [3.05, 3.63) is 40.9 Å². The monoisotopic (exact) mass is 290 g/mol. The summed E-state index contributed by atoms with van der Waals surface area (Å²) in [6, 6.07) is 8.95. The summed E-state index contributed by atoms with van der Waals surface area (Å²) in [5, 5.41) is 7.39. The van der Waals surface area contributed by atoms with Crippen molar-refractivity contribution in [2.75, 3.05) is 0 Å². The van der Waals surface area contributed by atoms with Crippen LogP contribution in [-0.2, 0) is 4.79 Å². The van der Waals surface area contributed by atoms with E-state index in [2.05, 4.69) is 10.6 Å². The Morgan fingerprint density at radius 3 is 2.50 bits per heavy atom. The first-order valence-electron chi connectivity index (χ1n) is 7.19. The second-order valence-corrected chi connectivity index (χ2v) is 6.14. The SMILES string of the molecule is O=C(C=Cc1ccc(Cl)cc1)NC1CC2CCC(C1)N2. The Morgan fingerprint density at radius 2 is 1.85 bits per heavy atom. The first kappa shape index (κ1) is 13.7. The molecule has 2 aliphatic rings. The molecule has 0 saturated carbocycles. The predicted octanol–water partition coefficient (Wildman–Crippen LogP) is 2.75. The number of benzene rings is 1. The van der Waals surface area contributed by atoms with Crippen LogP contribution < -0.4 is 10.6 Å². The van der Waals surface area contributed by atoms with Gasteiger partial charge in [-0.1, -0.05) is 23.7 Å². The van der Waals surface area contributed by atoms with Gasteiger partial charge in [-0.2, -0.15) is 0 Å². The standard InChI is InChI=1S/C16H19ClN2O/c17-12-4-1-11(2-5-12)3-8-16(20)19-15-9-13-6-7-14(10-15)18-13/h1-5,8,13-15,18H,6-7,9-10H2,(H,19,20). The number of rotatable bonds is 3. The normalized spacial score (nSPS) is 28.8. The summed E-state index contributed by atoms with van der Waals surface area (Å²) >= 11 is 5.83. The van der Waals surface area contributed by atoms with E-state index in [1.165, 1.54) is 12.8 Å². The van der Waals surface area contributed by atoms with Crippen LogP contribution in [0.2, 0.25) is 5.02 Å². The summed E-state index contributed by atoms with van der Waals surface area (Å²) in [5.41, 5.74) is 0.981. The van der Waals surface area contributed by atoms with Gasteiger partial charge < -0.3 is 10.6 Å². The Morgan fingerprint density at radius 1 is 1.20 bits per heavy atom. The molecule has 1 aromatic rings. The average molecular weight is 291 g/mol. The molecule has 2 N–H and O–H groups in total. The zero-order valence-corrected chi connectivity index (χ0v) is 12.1. The molecule has 20 heavy (non-hydrogen) atoms. The fraction of sp³-hybridized carbons (Fsp3) is 0.438. The molecule has 0 aromatic heterocycles. The van der Waals surface area contributed by atoms with E-state index in [4.69, 9.17) is 11.6 Å². The molecule has 2 fully saturated rings. The zero-order chi connectivity index (χ0) is 13.9. The third-order valence-electron chi connectivity index (χ3n) is 4.12. The highest BCUT2D eigenvalue weighted by Crippen LogP contribution is 2.26. The quantitative estimate of drug-likeness (QED) is 0.841. The molecule has 0 radical (unpaired) electrons. The molecule has 1 amide bonds. The molecule has 2 unspecified atom stereocenters. The number of carbonyl (C=O) groups is 1. The molecule has 106 valence electrons. The average Bonchev–Trinajstić information content (AvgIpc) is 2.77. The van der Waals surface area contributed by atoms with Gasteiger partial charge in [0.05, 0.1) is 0 Å². The van der Waals surface area contributed by atoms with E-state index in [-0.39, 0.29) is 5.91 Å². The summed E-state index contributed by atoms with van der Waals surface area (Å²) in [6.45, 7) is 0. The fourth-order valence-corrected chi connectivity index (χ4v) is 3.30. The van der Waals surface area contributed by atoms with Crippen molar-refractivity contribution >= 4 is 23.6 Å². The molecule has 2 bridgehead atoms. The van der Waals surface area contributed by atoms with Crippen molar-refractivity contribution < 1.29 is 4.79 Å². The van der Waals surface area contributed by atoms with E-state index in [0.717, 1.165) is 18.4 Å². The van der Waals surface area contributed by atoms with Crippen LogP contribution in [0.3, 0.4) is 0 Å². The Labute approximate surface area is 124 Å². The number of amides is 1. The summed E-state index contributed by atoms with van der Waals surface area (Å²) < 4.78 is 0. The number of hydrogen-bond donors (Lipinski definition) is 2. The van der Waals surface area contributed by atoms with Gasteiger partial charge in [0.25, 0.3) is 0 Å². The maximum Gasteiger partial charge on any atom is 0.244 e. The molecule has 1 aromatic carbocycles. The summed E-state index contributed by atoms with van der Waals surface area (Å²) in [5.74, 6) is -0.00810. The zero-order valence-electron chi connectivity index (χ0n) is 11.3. The van der Waals surface area contributed by atoms with Crippen LogP contribution in [0.25, 0.3) is 6.08 Å². The van der Waals surface area contributed by atoms with E-state index >= 15 is 0 Å². The second kappa shape index (κ2) is 5.98. The topological polar surface area (TPSA) is 41.1 Å². The molecule has 2 heterocycles. The molecule has 4 heteroatoms. The predicted molar refractivity (Wildman–Crippen MR) is 81.6 cm³/mol. The molecular formula is C16H19ClN2O. The van der Waals surface area contributed by atoms with Gasteiger partial charge >= 0.3 is 0 Å². The van der Waals surface area contributed by atoms with Crippen LogP contribution in [-0.4, -0.2) is 24.0 Å². The lowest BCUT2D eigenvalue weighted by Crippen LogP contribution is -2.47. The number of fused-ring (bicyclic) bond motifs is 2. The molecule has 2 saturated heterocycles. The second-order valence-electron chi connectivity index (χ2n) is 5.70. The van der Waals surface area contributed by atoms with Gasteiger partial charge in [-0.15, -0.1) is 0 Å². The third-order valence-corrected chi connectivity index (χ3v) is 4.37. The number of carbonyl (C=O) groups excluding carboxylic acids is 1. The molecule has 3 nitrogen and oxygen atoms in total. The highest BCUT2D eigenvalue weighted by molar-refractivity contribution is 6.30. The highest BCUT2D eigenvalue weighted by Gasteiger charge is 2.33. The van der Waals surface area contributed by atoms with Crippen molar-refractivity contribution in [3.63, 3.8) is 0 Å². The molecule has 2 atom stereocenters. The lowest BCUT2D eigenvalue weighted by Gasteiger charge is -2.29. The fourth-order valence-electron chi connectivity index (χ4n) is 3.17. The number of piperidine rings is 1. The minimum Gasteiger partial charge on any atom is -0.350 e. The van der Waals surface area contributed by atoms with Crippen molar-refractivity contribution in [1.82, 2.24) is 10.6 Å². The maximum atomic E-state index is 11.9. The van der Waals surface area contributed by atoms with Crippen molar-refractivity contribution in [1.29, 1.82) is 0 Å². The van der Waals surface area contributed by atoms with E-state index in [9.17, 15) is 4.79 Å².